The molecule has 2 aliphatic heterocycles. The number of imidazole rings is 1. The SMILES string of the molecule is Cc1[nH]cnc1CN1C[C@@H]2NC(=O)CO[C@H]2C1. The molecule has 6 heteroatoms. The first kappa shape index (κ1) is 10.7. The number of H-pyrrole nitrogens is 1. The molecule has 1 amide bonds. The number of aromatic nitrogens is 2. The van der Waals surface area contributed by atoms with Gasteiger partial charge in [-0.1, -0.05) is 0 Å². The third-order valence-corrected chi connectivity index (χ3v) is 3.42. The highest BCUT2D eigenvalue weighted by Gasteiger charge is 2.37. The highest BCUT2D eigenvalue weighted by atomic mass is 16.5. The number of amides is 1. The number of fused-ring (bicyclic) bond motifs is 1. The van der Waals surface area contributed by atoms with Gasteiger partial charge in [0.2, 0.25) is 5.91 Å². The molecule has 0 aromatic carbocycles. The second-order valence-corrected chi connectivity index (χ2v) is 4.69. The Morgan fingerprint density at radius 1 is 1.59 bits per heavy atom. The molecule has 3 heterocycles. The summed E-state index contributed by atoms with van der Waals surface area (Å²) in [6, 6.07) is 0.135. The summed E-state index contributed by atoms with van der Waals surface area (Å²) in [6.07, 6.45) is 1.85. The smallest absolute Gasteiger partial charge is 0.246 e. The lowest BCUT2D eigenvalue weighted by Crippen LogP contribution is -2.50. The van der Waals surface area contributed by atoms with E-state index in [4.69, 9.17) is 4.74 Å². The minimum atomic E-state index is -0.0101. The lowest BCUT2D eigenvalue weighted by atomic mass is 10.2. The van der Waals surface area contributed by atoms with E-state index in [-0.39, 0.29) is 24.7 Å². The normalized spacial score (nSPS) is 29.1. The van der Waals surface area contributed by atoms with Crippen LogP contribution in [0.2, 0.25) is 0 Å². The molecule has 1 aromatic heterocycles. The molecule has 92 valence electrons. The van der Waals surface area contributed by atoms with Crippen molar-refractivity contribution in [3.8, 4) is 0 Å². The number of nitrogens with zero attached hydrogens (tertiary/aromatic N) is 2. The Kier molecular flexibility index (Phi) is 2.60. The van der Waals surface area contributed by atoms with Gasteiger partial charge in [0.1, 0.15) is 6.61 Å². The fourth-order valence-corrected chi connectivity index (χ4v) is 2.48. The number of ether oxygens (including phenoxy) is 1. The highest BCUT2D eigenvalue weighted by Crippen LogP contribution is 2.19. The molecule has 6 nitrogen and oxygen atoms in total. The molecular formula is C11H16N4O2. The summed E-state index contributed by atoms with van der Waals surface area (Å²) < 4.78 is 5.51. The monoisotopic (exact) mass is 236 g/mol. The molecule has 0 radical (unpaired) electrons. The molecule has 2 N–H and O–H groups in total. The first-order chi connectivity index (χ1) is 8.22. The fraction of sp³-hybridized carbons (Fsp3) is 0.636. The van der Waals surface area contributed by atoms with E-state index in [1.165, 1.54) is 0 Å². The number of morpholine rings is 1. The zero-order valence-electron chi connectivity index (χ0n) is 9.77. The third kappa shape index (κ3) is 2.05. The van der Waals surface area contributed by atoms with E-state index >= 15 is 0 Å². The van der Waals surface area contributed by atoms with Crippen molar-refractivity contribution in [1.82, 2.24) is 20.2 Å². The van der Waals surface area contributed by atoms with Crippen molar-refractivity contribution in [2.45, 2.75) is 25.6 Å². The van der Waals surface area contributed by atoms with Crippen LogP contribution in [-0.4, -0.2) is 52.6 Å². The van der Waals surface area contributed by atoms with Gasteiger partial charge in [-0.05, 0) is 6.92 Å². The van der Waals surface area contributed by atoms with Crippen LogP contribution in [-0.2, 0) is 16.1 Å². The Hall–Kier alpha value is -1.40. The van der Waals surface area contributed by atoms with Crippen molar-refractivity contribution in [2.75, 3.05) is 19.7 Å². The predicted octanol–water partition coefficient (Wildman–Crippen LogP) is -0.583. The molecule has 2 atom stereocenters. The molecule has 17 heavy (non-hydrogen) atoms. The second-order valence-electron chi connectivity index (χ2n) is 4.69. The van der Waals surface area contributed by atoms with Crippen LogP contribution >= 0.6 is 0 Å². The Balaban J connectivity index is 1.64. The van der Waals surface area contributed by atoms with Crippen LogP contribution in [0.3, 0.4) is 0 Å². The van der Waals surface area contributed by atoms with Crippen molar-refractivity contribution in [3.63, 3.8) is 0 Å². The van der Waals surface area contributed by atoms with Crippen molar-refractivity contribution >= 4 is 5.91 Å². The molecular weight excluding hydrogens is 220 g/mol. The lowest BCUT2D eigenvalue weighted by molar-refractivity contribution is -0.134. The fourth-order valence-electron chi connectivity index (χ4n) is 2.48. The van der Waals surface area contributed by atoms with Crippen molar-refractivity contribution in [1.29, 1.82) is 0 Å². The molecule has 2 fully saturated rings. The van der Waals surface area contributed by atoms with Gasteiger partial charge in [0, 0.05) is 25.3 Å². The Morgan fingerprint density at radius 2 is 2.47 bits per heavy atom. The molecule has 0 bridgehead atoms. The number of rotatable bonds is 2. The first-order valence-electron chi connectivity index (χ1n) is 5.84. The van der Waals surface area contributed by atoms with E-state index in [1.54, 1.807) is 6.33 Å². The number of aromatic amines is 1. The molecule has 0 aliphatic carbocycles. The number of aryl methyl sites for hydroxylation is 1. The maximum absolute atomic E-state index is 11.2. The standard InChI is InChI=1S/C11H16N4O2/c1-7-8(13-6-12-7)2-15-3-9-10(4-15)17-5-11(16)14-9/h6,9-10H,2-5H2,1H3,(H,12,13)(H,14,16)/t9-,10-/m0/s1. The molecule has 0 unspecified atom stereocenters. The van der Waals surface area contributed by atoms with Gasteiger partial charge in [0.05, 0.1) is 24.2 Å². The lowest BCUT2D eigenvalue weighted by Gasteiger charge is -2.25. The second kappa shape index (κ2) is 4.12. The summed E-state index contributed by atoms with van der Waals surface area (Å²) in [5.74, 6) is -0.0101. The van der Waals surface area contributed by atoms with E-state index in [0.717, 1.165) is 31.0 Å². The molecule has 0 spiro atoms. The van der Waals surface area contributed by atoms with Gasteiger partial charge in [0.15, 0.2) is 0 Å². The molecule has 2 saturated heterocycles. The number of carbonyl (C=O) groups excluding carboxylic acids is 1. The zero-order chi connectivity index (χ0) is 11.8. The molecule has 3 rings (SSSR count). The van der Waals surface area contributed by atoms with E-state index in [2.05, 4.69) is 20.2 Å². The maximum atomic E-state index is 11.2. The molecule has 2 aliphatic rings. The zero-order valence-corrected chi connectivity index (χ0v) is 9.77. The predicted molar refractivity (Wildman–Crippen MR) is 60.3 cm³/mol. The average Bonchev–Trinajstić information content (AvgIpc) is 2.85. The van der Waals surface area contributed by atoms with Crippen LogP contribution in [0.15, 0.2) is 6.33 Å². The van der Waals surface area contributed by atoms with E-state index in [0.29, 0.717) is 0 Å². The minimum Gasteiger partial charge on any atom is -0.365 e. The largest absolute Gasteiger partial charge is 0.365 e. The topological polar surface area (TPSA) is 70.2 Å². The van der Waals surface area contributed by atoms with Crippen LogP contribution in [0.4, 0.5) is 0 Å². The van der Waals surface area contributed by atoms with Gasteiger partial charge in [-0.25, -0.2) is 4.98 Å². The number of carbonyl (C=O) groups is 1. The number of nitrogens with one attached hydrogen (secondary N) is 2. The van der Waals surface area contributed by atoms with Crippen LogP contribution in [0.1, 0.15) is 11.4 Å². The third-order valence-electron chi connectivity index (χ3n) is 3.42. The first-order valence-corrected chi connectivity index (χ1v) is 5.84. The summed E-state index contributed by atoms with van der Waals surface area (Å²) in [5, 5.41) is 2.97. The van der Waals surface area contributed by atoms with Crippen LogP contribution in [0.25, 0.3) is 0 Å². The molecule has 0 saturated carbocycles. The summed E-state index contributed by atoms with van der Waals surface area (Å²) in [5.41, 5.74) is 2.17. The quantitative estimate of drug-likeness (QED) is 0.720. The van der Waals surface area contributed by atoms with Gasteiger partial charge in [-0.2, -0.15) is 0 Å². The van der Waals surface area contributed by atoms with Crippen molar-refractivity contribution < 1.29 is 9.53 Å². The number of hydrogen-bond acceptors (Lipinski definition) is 4. The highest BCUT2D eigenvalue weighted by molar-refractivity contribution is 5.78. The average molecular weight is 236 g/mol. The van der Waals surface area contributed by atoms with Gasteiger partial charge in [-0.3, -0.25) is 9.69 Å². The van der Waals surface area contributed by atoms with Gasteiger partial charge < -0.3 is 15.0 Å². The van der Waals surface area contributed by atoms with Gasteiger partial charge in [0.25, 0.3) is 0 Å². The van der Waals surface area contributed by atoms with E-state index < -0.39 is 0 Å². The van der Waals surface area contributed by atoms with Crippen LogP contribution in [0, 0.1) is 6.92 Å². The van der Waals surface area contributed by atoms with Crippen LogP contribution < -0.4 is 5.32 Å². The van der Waals surface area contributed by atoms with Crippen molar-refractivity contribution in [2.24, 2.45) is 0 Å². The van der Waals surface area contributed by atoms with E-state index in [9.17, 15) is 4.79 Å². The summed E-state index contributed by atoms with van der Waals surface area (Å²) >= 11 is 0. The summed E-state index contributed by atoms with van der Waals surface area (Å²) in [4.78, 5) is 20.8. The number of likely N-dealkylation sites (tertiary alicyclic amines) is 1. The molecule has 1 aromatic rings. The van der Waals surface area contributed by atoms with E-state index in [1.807, 2.05) is 6.92 Å². The van der Waals surface area contributed by atoms with Gasteiger partial charge in [-0.15, -0.1) is 0 Å². The summed E-state index contributed by atoms with van der Waals surface area (Å²) in [6.45, 7) is 4.71. The Morgan fingerprint density at radius 3 is 3.24 bits per heavy atom. The van der Waals surface area contributed by atoms with Crippen molar-refractivity contribution in [3.05, 3.63) is 17.7 Å². The van der Waals surface area contributed by atoms with Crippen LogP contribution in [0.5, 0.6) is 0 Å². The number of hydrogen-bond donors (Lipinski definition) is 2. The Labute approximate surface area is 99.4 Å². The minimum absolute atomic E-state index is 0.0101. The van der Waals surface area contributed by atoms with Gasteiger partial charge >= 0.3 is 0 Å². The summed E-state index contributed by atoms with van der Waals surface area (Å²) in [7, 11) is 0. The Bertz CT molecular complexity index is 431. The maximum Gasteiger partial charge on any atom is 0.246 e.